The fourth-order valence-electron chi connectivity index (χ4n) is 1.58. The van der Waals surface area contributed by atoms with E-state index in [1.165, 1.54) is 0 Å². The molecular weight excluding hydrogens is 250 g/mol. The van der Waals surface area contributed by atoms with Crippen LogP contribution < -0.4 is 5.32 Å². The van der Waals surface area contributed by atoms with Gasteiger partial charge in [0, 0.05) is 31.3 Å². The summed E-state index contributed by atoms with van der Waals surface area (Å²) in [6.07, 6.45) is 4.44. The topological polar surface area (TPSA) is 75.3 Å². The quantitative estimate of drug-likeness (QED) is 0.728. The fourth-order valence-corrected chi connectivity index (χ4v) is 2.36. The number of hydrogen-bond donors (Lipinski definition) is 2. The van der Waals surface area contributed by atoms with E-state index in [0.717, 1.165) is 41.8 Å². The summed E-state index contributed by atoms with van der Waals surface area (Å²) >= 11 is 1.81. The molecule has 0 fully saturated rings. The molecule has 98 valence electrons. The van der Waals surface area contributed by atoms with Gasteiger partial charge in [0.15, 0.2) is 5.82 Å². The minimum atomic E-state index is 0.264. The summed E-state index contributed by atoms with van der Waals surface area (Å²) < 4.78 is 1.91. The second kappa shape index (κ2) is 6.55. The number of rotatable bonds is 7. The predicted molar refractivity (Wildman–Crippen MR) is 73.0 cm³/mol. The molecule has 0 aliphatic heterocycles. The van der Waals surface area contributed by atoms with E-state index >= 15 is 0 Å². The van der Waals surface area contributed by atoms with Gasteiger partial charge < -0.3 is 10.4 Å². The number of nitrogens with zero attached hydrogens (tertiary/aromatic N) is 4. The number of anilines is 1. The molecule has 18 heavy (non-hydrogen) atoms. The second-order valence-electron chi connectivity index (χ2n) is 3.83. The summed E-state index contributed by atoms with van der Waals surface area (Å²) in [5, 5.41) is 20.0. The third-order valence-corrected chi connectivity index (χ3v) is 3.55. The molecule has 0 aromatic carbocycles. The Morgan fingerprint density at radius 2 is 2.28 bits per heavy atom. The third kappa shape index (κ3) is 3.11. The third-order valence-electron chi connectivity index (χ3n) is 2.48. The van der Waals surface area contributed by atoms with Gasteiger partial charge in [-0.1, -0.05) is 0 Å². The van der Waals surface area contributed by atoms with E-state index in [4.69, 9.17) is 5.11 Å². The van der Waals surface area contributed by atoms with Crippen molar-refractivity contribution in [3.63, 3.8) is 0 Å². The molecule has 7 heteroatoms. The normalized spacial score (nSPS) is 11.0. The Morgan fingerprint density at radius 3 is 3.11 bits per heavy atom. The van der Waals surface area contributed by atoms with Crippen LogP contribution in [-0.2, 0) is 0 Å². The monoisotopic (exact) mass is 267 g/mol. The predicted octanol–water partition coefficient (Wildman–Crippen LogP) is 0.960. The molecule has 0 saturated carbocycles. The molecule has 0 aliphatic rings. The first-order valence-electron chi connectivity index (χ1n) is 5.91. The van der Waals surface area contributed by atoms with Gasteiger partial charge in [0.25, 0.3) is 0 Å². The van der Waals surface area contributed by atoms with Gasteiger partial charge in [-0.25, -0.2) is 4.98 Å². The molecule has 0 unspecified atom stereocenters. The molecule has 6 nitrogen and oxygen atoms in total. The van der Waals surface area contributed by atoms with Crippen molar-refractivity contribution < 1.29 is 5.11 Å². The number of nitrogens with one attached hydrogen (secondary N) is 1. The van der Waals surface area contributed by atoms with Crippen LogP contribution in [0.2, 0.25) is 0 Å². The minimum absolute atomic E-state index is 0.264. The number of aryl methyl sites for hydroxylation is 1. The second-order valence-corrected chi connectivity index (χ2v) is 5.06. The lowest BCUT2D eigenvalue weighted by Gasteiger charge is -2.06. The highest BCUT2D eigenvalue weighted by molar-refractivity contribution is 7.99. The van der Waals surface area contributed by atoms with Crippen LogP contribution in [0.25, 0.3) is 5.65 Å². The smallest absolute Gasteiger partial charge is 0.203 e. The summed E-state index contributed by atoms with van der Waals surface area (Å²) in [6, 6.07) is 0. The Bertz CT molecular complexity index is 501. The van der Waals surface area contributed by atoms with Crippen molar-refractivity contribution in [3.8, 4) is 0 Å². The zero-order chi connectivity index (χ0) is 12.8. The summed E-state index contributed by atoms with van der Waals surface area (Å²) in [5.74, 6) is 3.59. The number of hydrogen-bond acceptors (Lipinski definition) is 6. The van der Waals surface area contributed by atoms with Crippen LogP contribution in [0.15, 0.2) is 12.4 Å². The molecule has 0 radical (unpaired) electrons. The Kier molecular flexibility index (Phi) is 4.77. The van der Waals surface area contributed by atoms with Gasteiger partial charge >= 0.3 is 0 Å². The molecule has 0 aliphatic carbocycles. The molecule has 0 bridgehead atoms. The van der Waals surface area contributed by atoms with E-state index in [0.29, 0.717) is 0 Å². The fraction of sp³-hybridized carbons (Fsp3) is 0.545. The highest BCUT2D eigenvalue weighted by atomic mass is 32.2. The van der Waals surface area contributed by atoms with Crippen LogP contribution in [0, 0.1) is 6.92 Å². The summed E-state index contributed by atoms with van der Waals surface area (Å²) in [5.41, 5.74) is 0.760. The van der Waals surface area contributed by atoms with Gasteiger partial charge in [-0.3, -0.25) is 4.40 Å². The Labute approximate surface area is 110 Å². The highest BCUT2D eigenvalue weighted by Crippen LogP contribution is 2.12. The van der Waals surface area contributed by atoms with Gasteiger partial charge in [-0.15, -0.1) is 10.2 Å². The molecule has 2 N–H and O–H groups in total. The minimum Gasteiger partial charge on any atom is -0.396 e. The van der Waals surface area contributed by atoms with E-state index in [9.17, 15) is 0 Å². The molecule has 0 amide bonds. The number of thioether (sulfide) groups is 1. The van der Waals surface area contributed by atoms with Crippen LogP contribution in [-0.4, -0.2) is 49.3 Å². The van der Waals surface area contributed by atoms with Crippen LogP contribution in [0.5, 0.6) is 0 Å². The van der Waals surface area contributed by atoms with Crippen molar-refractivity contribution in [2.45, 2.75) is 13.3 Å². The van der Waals surface area contributed by atoms with Crippen LogP contribution in [0.4, 0.5) is 5.82 Å². The maximum atomic E-state index is 8.66. The van der Waals surface area contributed by atoms with Crippen LogP contribution in [0.3, 0.4) is 0 Å². The van der Waals surface area contributed by atoms with Crippen LogP contribution >= 0.6 is 11.8 Å². The molecule has 2 aromatic heterocycles. The van der Waals surface area contributed by atoms with Crippen molar-refractivity contribution in [2.24, 2.45) is 0 Å². The van der Waals surface area contributed by atoms with E-state index in [-0.39, 0.29) is 6.61 Å². The maximum Gasteiger partial charge on any atom is 0.203 e. The first-order chi connectivity index (χ1) is 8.83. The number of fused-ring (bicyclic) bond motifs is 1. The largest absolute Gasteiger partial charge is 0.396 e. The summed E-state index contributed by atoms with van der Waals surface area (Å²) in [6.45, 7) is 3.00. The number of aliphatic hydroxyl groups is 1. The lowest BCUT2D eigenvalue weighted by molar-refractivity contribution is 0.296. The summed E-state index contributed by atoms with van der Waals surface area (Å²) in [4.78, 5) is 4.27. The van der Waals surface area contributed by atoms with E-state index in [2.05, 4.69) is 20.5 Å². The van der Waals surface area contributed by atoms with Crippen molar-refractivity contribution in [3.05, 3.63) is 18.2 Å². The van der Waals surface area contributed by atoms with Gasteiger partial charge in [-0.05, 0) is 19.1 Å². The van der Waals surface area contributed by atoms with Gasteiger partial charge in [0.1, 0.15) is 5.82 Å². The Balaban J connectivity index is 1.88. The van der Waals surface area contributed by atoms with E-state index < -0.39 is 0 Å². The highest BCUT2D eigenvalue weighted by Gasteiger charge is 2.06. The molecule has 2 heterocycles. The van der Waals surface area contributed by atoms with Crippen molar-refractivity contribution in [2.75, 3.05) is 30.0 Å². The molecule has 0 atom stereocenters. The zero-order valence-electron chi connectivity index (χ0n) is 10.3. The first-order valence-corrected chi connectivity index (χ1v) is 7.07. The van der Waals surface area contributed by atoms with Gasteiger partial charge in [0.05, 0.1) is 0 Å². The average molecular weight is 267 g/mol. The number of aliphatic hydroxyl groups excluding tert-OH is 1. The maximum absolute atomic E-state index is 8.66. The van der Waals surface area contributed by atoms with E-state index in [1.54, 1.807) is 6.20 Å². The van der Waals surface area contributed by atoms with Crippen molar-refractivity contribution >= 4 is 23.2 Å². The van der Waals surface area contributed by atoms with Crippen molar-refractivity contribution in [1.29, 1.82) is 0 Å². The Hall–Kier alpha value is -1.34. The molecule has 2 aromatic rings. The number of aromatic nitrogens is 4. The zero-order valence-corrected chi connectivity index (χ0v) is 11.2. The van der Waals surface area contributed by atoms with Gasteiger partial charge in [-0.2, -0.15) is 11.8 Å². The standard InChI is InChI=1S/C11H17N5OS/c1-9-14-15-11-10(12-3-5-16(9)11)13-4-8-18-7-2-6-17/h3,5,17H,2,4,6-8H2,1H3,(H,12,13). The van der Waals surface area contributed by atoms with Crippen molar-refractivity contribution in [1.82, 2.24) is 19.6 Å². The lowest BCUT2D eigenvalue weighted by atomic mass is 10.5. The molecular formula is C11H17N5OS. The van der Waals surface area contributed by atoms with Crippen LogP contribution in [0.1, 0.15) is 12.2 Å². The SMILES string of the molecule is Cc1nnc2c(NCCSCCCO)nccn12. The van der Waals surface area contributed by atoms with Gasteiger partial charge in [0.2, 0.25) is 5.65 Å². The molecule has 2 rings (SSSR count). The molecule has 0 saturated heterocycles. The summed E-state index contributed by atoms with van der Waals surface area (Å²) in [7, 11) is 0. The first kappa shape index (κ1) is 13.1. The average Bonchev–Trinajstić information content (AvgIpc) is 2.77. The lowest BCUT2D eigenvalue weighted by Crippen LogP contribution is -2.08. The molecule has 0 spiro atoms. The van der Waals surface area contributed by atoms with E-state index in [1.807, 2.05) is 29.3 Å². The Morgan fingerprint density at radius 1 is 1.39 bits per heavy atom.